The minimum atomic E-state index is 0.669. The molecule has 0 unspecified atom stereocenters. The molecular weight excluding hydrogens is 250 g/mol. The fourth-order valence-corrected chi connectivity index (χ4v) is 3.17. The Labute approximate surface area is 122 Å². The molecule has 1 saturated heterocycles. The molecule has 1 aromatic rings. The van der Waals surface area contributed by atoms with Crippen LogP contribution in [0.15, 0.2) is 6.20 Å². The lowest BCUT2D eigenvalue weighted by Crippen LogP contribution is -2.43. The monoisotopic (exact) mass is 277 g/mol. The van der Waals surface area contributed by atoms with Gasteiger partial charge in [0.1, 0.15) is 0 Å². The van der Waals surface area contributed by atoms with Crippen molar-refractivity contribution in [1.82, 2.24) is 19.8 Å². The van der Waals surface area contributed by atoms with E-state index in [0.717, 1.165) is 18.5 Å². The zero-order chi connectivity index (χ0) is 14.1. The quantitative estimate of drug-likeness (QED) is 0.877. The first kappa shape index (κ1) is 13.9. The first-order valence-electron chi connectivity index (χ1n) is 7.80. The van der Waals surface area contributed by atoms with Crippen LogP contribution in [0.2, 0.25) is 0 Å². The molecule has 1 aromatic heterocycles. The molecule has 3 rings (SSSR count). The average Bonchev–Trinajstić information content (AvgIpc) is 3.21. The van der Waals surface area contributed by atoms with E-state index in [0.29, 0.717) is 6.04 Å². The van der Waals surface area contributed by atoms with Crippen molar-refractivity contribution in [3.63, 3.8) is 0 Å². The fraction of sp³-hybridized carbons (Fsp3) is 0.800. The molecule has 1 N–H and O–H groups in total. The van der Waals surface area contributed by atoms with E-state index in [2.05, 4.69) is 31.7 Å². The van der Waals surface area contributed by atoms with Gasteiger partial charge in [0.2, 0.25) is 5.95 Å². The third kappa shape index (κ3) is 2.99. The van der Waals surface area contributed by atoms with Crippen LogP contribution in [0.3, 0.4) is 0 Å². The minimum Gasteiger partial charge on any atom is -0.348 e. The molecule has 0 bridgehead atoms. The molecule has 1 aliphatic carbocycles. The van der Waals surface area contributed by atoms with Crippen LogP contribution in [0, 0.1) is 0 Å². The van der Waals surface area contributed by atoms with Gasteiger partial charge in [-0.15, -0.1) is 0 Å². The highest BCUT2D eigenvalue weighted by atomic mass is 15.3. The highest BCUT2D eigenvalue weighted by molar-refractivity contribution is 5.30. The number of hydrogen-bond acceptors (Lipinski definition) is 4. The summed E-state index contributed by atoms with van der Waals surface area (Å²) in [4.78, 5) is 9.19. The van der Waals surface area contributed by atoms with Gasteiger partial charge in [-0.05, 0) is 38.8 Å². The highest BCUT2D eigenvalue weighted by Crippen LogP contribution is 2.29. The van der Waals surface area contributed by atoms with E-state index in [-0.39, 0.29) is 0 Å². The first-order valence-corrected chi connectivity index (χ1v) is 7.80. The second kappa shape index (κ2) is 5.74. The summed E-state index contributed by atoms with van der Waals surface area (Å²) in [5.74, 6) is 1.02. The highest BCUT2D eigenvalue weighted by Gasteiger charge is 2.31. The molecule has 112 valence electrons. The van der Waals surface area contributed by atoms with Gasteiger partial charge in [0.15, 0.2) is 0 Å². The number of piperidine rings is 1. The van der Waals surface area contributed by atoms with Crippen molar-refractivity contribution < 1.29 is 0 Å². The van der Waals surface area contributed by atoms with Gasteiger partial charge in [0, 0.05) is 39.8 Å². The van der Waals surface area contributed by atoms with E-state index in [4.69, 9.17) is 0 Å². The molecule has 1 aliphatic heterocycles. The number of aromatic nitrogens is 2. The number of rotatable bonds is 5. The minimum absolute atomic E-state index is 0.669. The van der Waals surface area contributed by atoms with Crippen molar-refractivity contribution in [2.75, 3.05) is 32.1 Å². The van der Waals surface area contributed by atoms with E-state index in [1.165, 1.54) is 44.5 Å². The van der Waals surface area contributed by atoms with Gasteiger partial charge in [0.05, 0.1) is 11.9 Å². The van der Waals surface area contributed by atoms with Crippen molar-refractivity contribution in [3.8, 4) is 0 Å². The summed E-state index contributed by atoms with van der Waals surface area (Å²) < 4.78 is 2.17. The molecule has 0 amide bonds. The normalized spacial score (nSPS) is 21.4. The molecule has 0 atom stereocenters. The molecule has 20 heavy (non-hydrogen) atoms. The van der Waals surface area contributed by atoms with Crippen LogP contribution in [0.25, 0.3) is 0 Å². The summed E-state index contributed by atoms with van der Waals surface area (Å²) in [5, 5.41) is 3.70. The second-order valence-electron chi connectivity index (χ2n) is 6.43. The number of nitrogens with one attached hydrogen (secondary N) is 1. The van der Waals surface area contributed by atoms with Crippen molar-refractivity contribution in [1.29, 1.82) is 0 Å². The second-order valence-corrected chi connectivity index (χ2v) is 6.43. The van der Waals surface area contributed by atoms with Crippen LogP contribution in [0.4, 0.5) is 5.95 Å². The third-order valence-electron chi connectivity index (χ3n) is 4.62. The summed E-state index contributed by atoms with van der Waals surface area (Å²) >= 11 is 0. The first-order chi connectivity index (χ1) is 9.65. The molecule has 2 aliphatic rings. The predicted molar refractivity (Wildman–Crippen MR) is 82.0 cm³/mol. The maximum absolute atomic E-state index is 4.46. The smallest absolute Gasteiger partial charge is 0.204 e. The molecular formula is C15H27N5. The Bertz CT molecular complexity index is 441. The third-order valence-corrected chi connectivity index (χ3v) is 4.62. The summed E-state index contributed by atoms with van der Waals surface area (Å²) in [6.45, 7) is 3.47. The Balaban J connectivity index is 1.47. The van der Waals surface area contributed by atoms with Crippen LogP contribution in [0.5, 0.6) is 0 Å². The van der Waals surface area contributed by atoms with Crippen molar-refractivity contribution >= 4 is 5.95 Å². The Morgan fingerprint density at radius 3 is 2.50 bits per heavy atom. The molecule has 0 radical (unpaired) electrons. The molecule has 0 spiro atoms. The standard InChI is InChI=1S/C15H27N5/c1-18(2)15-17-11-14(19(15)3)10-16-12-6-8-20(9-7-12)13-4-5-13/h11-13,16H,4-10H2,1-3H3. The van der Waals surface area contributed by atoms with Gasteiger partial charge in [-0.25, -0.2) is 4.98 Å². The largest absolute Gasteiger partial charge is 0.348 e. The lowest BCUT2D eigenvalue weighted by molar-refractivity contribution is 0.188. The number of likely N-dealkylation sites (tertiary alicyclic amines) is 1. The van der Waals surface area contributed by atoms with E-state index in [9.17, 15) is 0 Å². The zero-order valence-corrected chi connectivity index (χ0v) is 13.0. The van der Waals surface area contributed by atoms with E-state index in [1.807, 2.05) is 20.3 Å². The Hall–Kier alpha value is -1.07. The molecule has 0 aromatic carbocycles. The van der Waals surface area contributed by atoms with Crippen LogP contribution < -0.4 is 10.2 Å². The molecule has 2 fully saturated rings. The molecule has 5 heteroatoms. The maximum Gasteiger partial charge on any atom is 0.204 e. The van der Waals surface area contributed by atoms with E-state index in [1.54, 1.807) is 0 Å². The Morgan fingerprint density at radius 1 is 1.25 bits per heavy atom. The maximum atomic E-state index is 4.46. The molecule has 1 saturated carbocycles. The van der Waals surface area contributed by atoms with E-state index >= 15 is 0 Å². The number of nitrogens with zero attached hydrogens (tertiary/aromatic N) is 4. The van der Waals surface area contributed by atoms with Gasteiger partial charge in [-0.3, -0.25) is 0 Å². The average molecular weight is 277 g/mol. The van der Waals surface area contributed by atoms with Gasteiger partial charge >= 0.3 is 0 Å². The molecule has 5 nitrogen and oxygen atoms in total. The summed E-state index contributed by atoms with van der Waals surface area (Å²) in [6, 6.07) is 1.60. The van der Waals surface area contributed by atoms with Crippen LogP contribution in [-0.4, -0.2) is 53.7 Å². The summed E-state index contributed by atoms with van der Waals surface area (Å²) in [5.41, 5.74) is 1.26. The van der Waals surface area contributed by atoms with Gasteiger partial charge in [-0.2, -0.15) is 0 Å². The van der Waals surface area contributed by atoms with Crippen molar-refractivity contribution in [3.05, 3.63) is 11.9 Å². The summed E-state index contributed by atoms with van der Waals surface area (Å²) in [6.07, 6.45) is 7.42. The fourth-order valence-electron chi connectivity index (χ4n) is 3.17. The SMILES string of the molecule is CN(C)c1ncc(CNC2CCN(C3CC3)CC2)n1C. The number of hydrogen-bond donors (Lipinski definition) is 1. The van der Waals surface area contributed by atoms with Crippen molar-refractivity contribution in [2.24, 2.45) is 7.05 Å². The van der Waals surface area contributed by atoms with Crippen LogP contribution >= 0.6 is 0 Å². The van der Waals surface area contributed by atoms with Gasteiger partial charge in [0.25, 0.3) is 0 Å². The Kier molecular flexibility index (Phi) is 3.98. The van der Waals surface area contributed by atoms with Crippen LogP contribution in [0.1, 0.15) is 31.4 Å². The lowest BCUT2D eigenvalue weighted by Gasteiger charge is -2.32. The topological polar surface area (TPSA) is 36.3 Å². The Morgan fingerprint density at radius 2 is 1.95 bits per heavy atom. The summed E-state index contributed by atoms with van der Waals surface area (Å²) in [7, 11) is 6.16. The number of anilines is 1. The van der Waals surface area contributed by atoms with Crippen molar-refractivity contribution in [2.45, 2.75) is 44.3 Å². The molecule has 2 heterocycles. The number of imidazole rings is 1. The predicted octanol–water partition coefficient (Wildman–Crippen LogP) is 1.20. The zero-order valence-electron chi connectivity index (χ0n) is 13.0. The van der Waals surface area contributed by atoms with E-state index < -0.39 is 0 Å². The lowest BCUT2D eigenvalue weighted by atomic mass is 10.0. The van der Waals surface area contributed by atoms with Crippen LogP contribution in [-0.2, 0) is 13.6 Å². The van der Waals surface area contributed by atoms with Gasteiger partial charge in [-0.1, -0.05) is 0 Å². The van der Waals surface area contributed by atoms with Gasteiger partial charge < -0.3 is 19.7 Å².